The molecule has 3 rings (SSSR count). The molecule has 6 heteroatoms. The van der Waals surface area contributed by atoms with Crippen LogP contribution in [0.3, 0.4) is 0 Å². The molecule has 1 aromatic carbocycles. The van der Waals surface area contributed by atoms with Crippen LogP contribution in [0, 0.1) is 24.2 Å². The summed E-state index contributed by atoms with van der Waals surface area (Å²) in [4.78, 5) is 37.8. The number of hydrogen-bond donors (Lipinski definition) is 3. The van der Waals surface area contributed by atoms with Crippen LogP contribution in [0.1, 0.15) is 37.7 Å². The third-order valence-electron chi connectivity index (χ3n) is 5.78. The van der Waals surface area contributed by atoms with Gasteiger partial charge in [-0.15, -0.1) is 0 Å². The Hall–Kier alpha value is -2.63. The van der Waals surface area contributed by atoms with Gasteiger partial charge in [-0.05, 0) is 31.4 Å². The molecule has 1 saturated heterocycles. The molecule has 1 spiro atoms. The minimum atomic E-state index is -1.01. The highest BCUT2D eigenvalue weighted by Crippen LogP contribution is 2.52. The Morgan fingerprint density at radius 1 is 1.19 bits per heavy atom. The predicted octanol–water partition coefficient (Wildman–Crippen LogP) is 2.25. The quantitative estimate of drug-likeness (QED) is 0.725. The molecular formula is C20H25N3O3. The molecule has 1 aromatic rings. The summed E-state index contributed by atoms with van der Waals surface area (Å²) in [5.74, 6) is -3.06. The topological polar surface area (TPSA) is 101 Å². The first kappa shape index (κ1) is 18.2. The van der Waals surface area contributed by atoms with Crippen LogP contribution in [0.15, 0.2) is 36.5 Å². The Morgan fingerprint density at radius 3 is 2.46 bits per heavy atom. The molecule has 0 radical (unpaired) electrons. The maximum absolute atomic E-state index is 13.2. The minimum absolute atomic E-state index is 0.252. The van der Waals surface area contributed by atoms with Gasteiger partial charge in [0, 0.05) is 16.8 Å². The Bertz CT molecular complexity index is 765. The summed E-state index contributed by atoms with van der Waals surface area (Å²) in [6.07, 6.45) is 3.96. The zero-order chi connectivity index (χ0) is 18.9. The van der Waals surface area contributed by atoms with Crippen molar-refractivity contribution in [3.05, 3.63) is 42.1 Å². The fourth-order valence-corrected chi connectivity index (χ4v) is 4.61. The number of nitrogens with two attached hydrogens (primary N) is 1. The number of nitrogens with one attached hydrogen (secondary N) is 2. The van der Waals surface area contributed by atoms with Gasteiger partial charge in [0.05, 0.1) is 5.92 Å². The average Bonchev–Trinajstić information content (AvgIpc) is 2.56. The summed E-state index contributed by atoms with van der Waals surface area (Å²) in [6.45, 7) is 5.84. The van der Waals surface area contributed by atoms with Gasteiger partial charge in [-0.25, -0.2) is 0 Å². The van der Waals surface area contributed by atoms with Crippen LogP contribution in [-0.4, -0.2) is 17.7 Å². The van der Waals surface area contributed by atoms with Crippen molar-refractivity contribution in [2.45, 2.75) is 39.0 Å². The molecule has 4 N–H and O–H groups in total. The number of aryl methyl sites for hydroxylation is 1. The number of carbonyl (C=O) groups excluding carboxylic acids is 3. The van der Waals surface area contributed by atoms with Gasteiger partial charge in [0.15, 0.2) is 0 Å². The SMILES string of the molecule is C=C1NC(=O)[C@@H](C(N)=O)C2(CCCCC2)[C@@H]1C(=O)Nc1ccccc1C. The van der Waals surface area contributed by atoms with Crippen LogP contribution >= 0.6 is 0 Å². The summed E-state index contributed by atoms with van der Waals surface area (Å²) in [5, 5.41) is 5.57. The van der Waals surface area contributed by atoms with Crippen LogP contribution in [0.4, 0.5) is 5.69 Å². The highest BCUT2D eigenvalue weighted by atomic mass is 16.2. The molecule has 26 heavy (non-hydrogen) atoms. The summed E-state index contributed by atoms with van der Waals surface area (Å²) in [7, 11) is 0. The number of rotatable bonds is 3. The van der Waals surface area contributed by atoms with Crippen LogP contribution in [0.5, 0.6) is 0 Å². The van der Waals surface area contributed by atoms with Crippen LogP contribution in [-0.2, 0) is 14.4 Å². The number of amides is 3. The molecule has 1 aliphatic heterocycles. The van der Waals surface area contributed by atoms with E-state index in [-0.39, 0.29) is 5.91 Å². The Labute approximate surface area is 153 Å². The van der Waals surface area contributed by atoms with Crippen LogP contribution in [0.25, 0.3) is 0 Å². The molecule has 1 saturated carbocycles. The monoisotopic (exact) mass is 355 g/mol. The van der Waals surface area contributed by atoms with Crippen LogP contribution < -0.4 is 16.4 Å². The molecule has 2 fully saturated rings. The standard InChI is InChI=1S/C20H25N3O3/c1-12-8-4-5-9-14(12)23-18(25)15-13(2)22-19(26)16(17(21)24)20(15)10-6-3-7-11-20/h4-5,8-9,15-16H,2-3,6-7,10-11H2,1H3,(H2,21,24)(H,22,26)(H,23,25)/t15-,16+/m0/s1. The van der Waals surface area contributed by atoms with Gasteiger partial charge in [-0.3, -0.25) is 14.4 Å². The van der Waals surface area contributed by atoms with Crippen molar-refractivity contribution >= 4 is 23.4 Å². The molecule has 0 aromatic heterocycles. The summed E-state index contributed by atoms with van der Waals surface area (Å²) < 4.78 is 0. The third-order valence-corrected chi connectivity index (χ3v) is 5.78. The second-order valence-electron chi connectivity index (χ2n) is 7.38. The summed E-state index contributed by atoms with van der Waals surface area (Å²) >= 11 is 0. The number of primary amides is 1. The number of hydrogen-bond acceptors (Lipinski definition) is 3. The second kappa shape index (κ2) is 6.94. The lowest BCUT2D eigenvalue weighted by Gasteiger charge is -2.49. The molecule has 6 nitrogen and oxygen atoms in total. The van der Waals surface area contributed by atoms with Gasteiger partial charge in [-0.1, -0.05) is 44.0 Å². The van der Waals surface area contributed by atoms with Gasteiger partial charge < -0.3 is 16.4 Å². The van der Waals surface area contributed by atoms with Crippen molar-refractivity contribution in [1.82, 2.24) is 5.32 Å². The summed E-state index contributed by atoms with van der Waals surface area (Å²) in [5.41, 5.74) is 6.79. The van der Waals surface area contributed by atoms with Gasteiger partial charge in [0.25, 0.3) is 0 Å². The second-order valence-corrected chi connectivity index (χ2v) is 7.38. The summed E-state index contributed by atoms with van der Waals surface area (Å²) in [6, 6.07) is 7.49. The molecule has 138 valence electrons. The average molecular weight is 355 g/mol. The first-order valence-corrected chi connectivity index (χ1v) is 9.02. The highest BCUT2D eigenvalue weighted by Gasteiger charge is 2.58. The van der Waals surface area contributed by atoms with Crippen molar-refractivity contribution in [1.29, 1.82) is 0 Å². The van der Waals surface area contributed by atoms with Crippen molar-refractivity contribution in [2.75, 3.05) is 5.32 Å². The largest absolute Gasteiger partial charge is 0.369 e. The van der Waals surface area contributed by atoms with Gasteiger partial charge in [-0.2, -0.15) is 0 Å². The van der Waals surface area contributed by atoms with E-state index in [1.807, 2.05) is 31.2 Å². The first-order chi connectivity index (χ1) is 12.4. The highest BCUT2D eigenvalue weighted by molar-refractivity contribution is 6.05. The first-order valence-electron chi connectivity index (χ1n) is 9.02. The molecule has 3 amide bonds. The smallest absolute Gasteiger partial charge is 0.237 e. The molecule has 2 aliphatic rings. The van der Waals surface area contributed by atoms with E-state index in [0.29, 0.717) is 24.2 Å². The van der Waals surface area contributed by atoms with Crippen molar-refractivity contribution in [3.8, 4) is 0 Å². The van der Waals surface area contributed by atoms with E-state index in [0.717, 1.165) is 24.8 Å². The Balaban J connectivity index is 2.00. The number of piperidine rings is 1. The van der Waals surface area contributed by atoms with E-state index >= 15 is 0 Å². The third kappa shape index (κ3) is 3.00. The molecule has 1 aliphatic carbocycles. The molecule has 0 unspecified atom stereocenters. The molecule has 1 heterocycles. The number of para-hydroxylation sites is 1. The fraction of sp³-hybridized carbons (Fsp3) is 0.450. The predicted molar refractivity (Wildman–Crippen MR) is 98.8 cm³/mol. The zero-order valence-electron chi connectivity index (χ0n) is 15.0. The van der Waals surface area contributed by atoms with Gasteiger partial charge >= 0.3 is 0 Å². The maximum atomic E-state index is 13.2. The lowest BCUT2D eigenvalue weighted by molar-refractivity contribution is -0.148. The van der Waals surface area contributed by atoms with E-state index in [1.54, 1.807) is 0 Å². The van der Waals surface area contributed by atoms with Crippen molar-refractivity contribution in [3.63, 3.8) is 0 Å². The Morgan fingerprint density at radius 2 is 1.85 bits per heavy atom. The fourth-order valence-electron chi connectivity index (χ4n) is 4.61. The van der Waals surface area contributed by atoms with E-state index in [4.69, 9.17) is 5.73 Å². The molecular weight excluding hydrogens is 330 g/mol. The van der Waals surface area contributed by atoms with E-state index in [9.17, 15) is 14.4 Å². The van der Waals surface area contributed by atoms with E-state index in [1.165, 1.54) is 0 Å². The lowest BCUT2D eigenvalue weighted by Crippen LogP contribution is -2.61. The number of anilines is 1. The minimum Gasteiger partial charge on any atom is -0.369 e. The van der Waals surface area contributed by atoms with Crippen molar-refractivity contribution < 1.29 is 14.4 Å². The van der Waals surface area contributed by atoms with Gasteiger partial charge in [0.2, 0.25) is 17.7 Å². The van der Waals surface area contributed by atoms with Crippen LogP contribution in [0.2, 0.25) is 0 Å². The Kier molecular flexibility index (Phi) is 4.85. The number of benzene rings is 1. The van der Waals surface area contributed by atoms with E-state index < -0.39 is 29.1 Å². The van der Waals surface area contributed by atoms with E-state index in [2.05, 4.69) is 17.2 Å². The maximum Gasteiger partial charge on any atom is 0.237 e. The zero-order valence-corrected chi connectivity index (χ0v) is 15.0. The molecule has 2 atom stereocenters. The number of carbonyl (C=O) groups is 3. The lowest BCUT2D eigenvalue weighted by atomic mass is 9.56. The van der Waals surface area contributed by atoms with Crippen molar-refractivity contribution in [2.24, 2.45) is 23.0 Å². The molecule has 0 bridgehead atoms. The van der Waals surface area contributed by atoms with Gasteiger partial charge in [0.1, 0.15) is 5.92 Å². The normalized spacial score (nSPS) is 24.8.